The van der Waals surface area contributed by atoms with Crippen molar-refractivity contribution in [2.24, 2.45) is 11.7 Å². The Morgan fingerprint density at radius 3 is 2.36 bits per heavy atom. The Kier molecular flexibility index (Phi) is 8.30. The molecule has 2 fully saturated rings. The van der Waals surface area contributed by atoms with Crippen molar-refractivity contribution in [1.82, 2.24) is 9.21 Å². The lowest BCUT2D eigenvalue weighted by Gasteiger charge is -2.26. The van der Waals surface area contributed by atoms with E-state index >= 15 is 0 Å². The molecule has 2 N–H and O–H groups in total. The van der Waals surface area contributed by atoms with Crippen molar-refractivity contribution in [2.75, 3.05) is 26.2 Å². The van der Waals surface area contributed by atoms with Gasteiger partial charge < -0.3 is 10.6 Å². The van der Waals surface area contributed by atoms with Crippen molar-refractivity contribution in [3.63, 3.8) is 0 Å². The summed E-state index contributed by atoms with van der Waals surface area (Å²) in [5.41, 5.74) is 6.73. The Bertz CT molecular complexity index is 748. The maximum atomic E-state index is 12.7. The maximum Gasteiger partial charge on any atom is 0.243 e. The van der Waals surface area contributed by atoms with Crippen LogP contribution in [-0.4, -0.2) is 55.8 Å². The number of sulfonamides is 1. The third kappa shape index (κ3) is 5.26. The number of piperidine rings is 1. The Morgan fingerprint density at radius 2 is 1.79 bits per heavy atom. The van der Waals surface area contributed by atoms with Crippen LogP contribution in [0.4, 0.5) is 0 Å². The fourth-order valence-corrected chi connectivity index (χ4v) is 5.66. The number of hydrogen-bond donors (Lipinski definition) is 1. The van der Waals surface area contributed by atoms with Gasteiger partial charge in [-0.15, -0.1) is 12.4 Å². The lowest BCUT2D eigenvalue weighted by atomic mass is 10.1. The molecule has 2 unspecified atom stereocenters. The van der Waals surface area contributed by atoms with Crippen LogP contribution in [0.25, 0.3) is 0 Å². The third-order valence-corrected chi connectivity index (χ3v) is 7.73. The molecule has 2 saturated heterocycles. The van der Waals surface area contributed by atoms with E-state index in [1.54, 1.807) is 16.4 Å². The molecule has 0 spiro atoms. The first-order chi connectivity index (χ1) is 12.9. The summed E-state index contributed by atoms with van der Waals surface area (Å²) in [5.74, 6) is 0.562. The zero-order valence-electron chi connectivity index (χ0n) is 16.5. The standard InChI is InChI=1S/C20H31N3O3S.ClH/c1-16-13-18(14-21)15-23(16)20(24)10-7-17-5-8-19(9-6-17)27(25,26)22-11-3-2-4-12-22;/h5-6,8-9,16,18H,2-4,7,10-15,21H2,1H3;1H. The second kappa shape index (κ2) is 10.1. The summed E-state index contributed by atoms with van der Waals surface area (Å²) < 4.78 is 27.0. The third-order valence-electron chi connectivity index (χ3n) is 5.82. The predicted molar refractivity (Wildman–Crippen MR) is 113 cm³/mol. The number of carbonyl (C=O) groups is 1. The second-order valence-corrected chi connectivity index (χ2v) is 9.78. The molecule has 2 aliphatic heterocycles. The molecule has 3 rings (SSSR count). The highest BCUT2D eigenvalue weighted by Crippen LogP contribution is 2.24. The molecule has 1 aromatic rings. The number of benzene rings is 1. The molecule has 0 aliphatic carbocycles. The van der Waals surface area contributed by atoms with Gasteiger partial charge >= 0.3 is 0 Å². The van der Waals surface area contributed by atoms with Gasteiger partial charge in [-0.3, -0.25) is 4.79 Å². The van der Waals surface area contributed by atoms with E-state index < -0.39 is 10.0 Å². The number of hydrogen-bond acceptors (Lipinski definition) is 4. The number of nitrogens with zero attached hydrogens (tertiary/aromatic N) is 2. The number of rotatable bonds is 6. The predicted octanol–water partition coefficient (Wildman–Crippen LogP) is 2.41. The fourth-order valence-electron chi connectivity index (χ4n) is 4.14. The van der Waals surface area contributed by atoms with Crippen LogP contribution in [0, 0.1) is 5.92 Å². The van der Waals surface area contributed by atoms with E-state index in [1.807, 2.05) is 17.0 Å². The lowest BCUT2D eigenvalue weighted by molar-refractivity contribution is -0.131. The van der Waals surface area contributed by atoms with Crippen LogP contribution >= 0.6 is 12.4 Å². The summed E-state index contributed by atoms with van der Waals surface area (Å²) in [6.45, 7) is 4.67. The summed E-state index contributed by atoms with van der Waals surface area (Å²) in [4.78, 5) is 14.8. The largest absolute Gasteiger partial charge is 0.340 e. The number of carbonyl (C=O) groups excluding carboxylic acids is 1. The van der Waals surface area contributed by atoms with Crippen LogP contribution in [0.15, 0.2) is 29.2 Å². The minimum atomic E-state index is -3.39. The van der Waals surface area contributed by atoms with Crippen LogP contribution < -0.4 is 5.73 Å². The summed E-state index contributed by atoms with van der Waals surface area (Å²) in [6, 6.07) is 7.27. The lowest BCUT2D eigenvalue weighted by Crippen LogP contribution is -2.35. The molecule has 8 heteroatoms. The molecule has 0 radical (unpaired) electrons. The number of halogens is 1. The Hall–Kier alpha value is -1.15. The average molecular weight is 430 g/mol. The van der Waals surface area contributed by atoms with Crippen LogP contribution in [-0.2, 0) is 21.2 Å². The topological polar surface area (TPSA) is 83.7 Å². The van der Waals surface area contributed by atoms with E-state index in [2.05, 4.69) is 6.92 Å². The number of aryl methyl sites for hydroxylation is 1. The highest BCUT2D eigenvalue weighted by Gasteiger charge is 2.31. The van der Waals surface area contributed by atoms with Crippen molar-refractivity contribution in [1.29, 1.82) is 0 Å². The van der Waals surface area contributed by atoms with Crippen LogP contribution in [0.5, 0.6) is 0 Å². The SMILES string of the molecule is CC1CC(CN)CN1C(=O)CCc1ccc(S(=O)(=O)N2CCCCC2)cc1.Cl. The summed E-state index contributed by atoms with van der Waals surface area (Å²) in [6.07, 6.45) is 5.00. The minimum absolute atomic E-state index is 0. The van der Waals surface area contributed by atoms with Crippen molar-refractivity contribution < 1.29 is 13.2 Å². The van der Waals surface area contributed by atoms with E-state index in [9.17, 15) is 13.2 Å². The first kappa shape index (κ1) is 23.1. The van der Waals surface area contributed by atoms with E-state index in [0.29, 0.717) is 43.3 Å². The highest BCUT2D eigenvalue weighted by atomic mass is 35.5. The Balaban J connectivity index is 0.00000280. The van der Waals surface area contributed by atoms with Gasteiger partial charge in [0.05, 0.1) is 4.90 Å². The van der Waals surface area contributed by atoms with Crippen molar-refractivity contribution in [2.45, 2.75) is 56.4 Å². The van der Waals surface area contributed by atoms with Crippen LogP contribution in [0.2, 0.25) is 0 Å². The number of nitrogens with two attached hydrogens (primary N) is 1. The molecule has 2 heterocycles. The van der Waals surface area contributed by atoms with Gasteiger partial charge in [0.25, 0.3) is 0 Å². The van der Waals surface area contributed by atoms with Gasteiger partial charge in [0.2, 0.25) is 15.9 Å². The maximum absolute atomic E-state index is 12.7. The first-order valence-electron chi connectivity index (χ1n) is 10.0. The molecule has 1 aromatic carbocycles. The smallest absolute Gasteiger partial charge is 0.243 e. The van der Waals surface area contributed by atoms with E-state index in [4.69, 9.17) is 5.73 Å². The number of likely N-dealkylation sites (tertiary alicyclic amines) is 1. The summed E-state index contributed by atoms with van der Waals surface area (Å²) >= 11 is 0. The molecular weight excluding hydrogens is 398 g/mol. The average Bonchev–Trinajstić information content (AvgIpc) is 3.08. The van der Waals surface area contributed by atoms with Crippen molar-refractivity contribution >= 4 is 28.3 Å². The molecular formula is C20H32ClN3O3S. The van der Waals surface area contributed by atoms with Gasteiger partial charge in [0, 0.05) is 32.1 Å². The summed E-state index contributed by atoms with van der Waals surface area (Å²) in [5, 5.41) is 0. The molecule has 1 amide bonds. The first-order valence-corrected chi connectivity index (χ1v) is 11.4. The molecule has 2 aliphatic rings. The summed E-state index contributed by atoms with van der Waals surface area (Å²) in [7, 11) is -3.39. The van der Waals surface area contributed by atoms with Gasteiger partial charge in [-0.1, -0.05) is 18.6 Å². The molecule has 6 nitrogen and oxygen atoms in total. The normalized spacial score (nSPS) is 23.4. The zero-order chi connectivity index (χ0) is 19.4. The fraction of sp³-hybridized carbons (Fsp3) is 0.650. The Labute approximate surface area is 174 Å². The quantitative estimate of drug-likeness (QED) is 0.752. The molecule has 0 bridgehead atoms. The minimum Gasteiger partial charge on any atom is -0.340 e. The molecule has 28 heavy (non-hydrogen) atoms. The monoisotopic (exact) mass is 429 g/mol. The van der Waals surface area contributed by atoms with Crippen LogP contribution in [0.3, 0.4) is 0 Å². The van der Waals surface area contributed by atoms with Crippen molar-refractivity contribution in [3.05, 3.63) is 29.8 Å². The van der Waals surface area contributed by atoms with Gasteiger partial charge in [0.15, 0.2) is 0 Å². The van der Waals surface area contributed by atoms with E-state index in [0.717, 1.165) is 37.8 Å². The molecule has 2 atom stereocenters. The van der Waals surface area contributed by atoms with Gasteiger partial charge in [-0.2, -0.15) is 4.31 Å². The molecule has 0 aromatic heterocycles. The van der Waals surface area contributed by atoms with E-state index in [-0.39, 0.29) is 24.4 Å². The zero-order valence-corrected chi connectivity index (χ0v) is 18.2. The highest BCUT2D eigenvalue weighted by molar-refractivity contribution is 7.89. The molecule has 158 valence electrons. The van der Waals surface area contributed by atoms with Crippen LogP contribution in [0.1, 0.15) is 44.6 Å². The number of amides is 1. The van der Waals surface area contributed by atoms with Gasteiger partial charge in [0.1, 0.15) is 0 Å². The van der Waals surface area contributed by atoms with E-state index in [1.165, 1.54) is 0 Å². The van der Waals surface area contributed by atoms with Gasteiger partial charge in [-0.05, 0) is 62.8 Å². The Morgan fingerprint density at radius 1 is 1.14 bits per heavy atom. The van der Waals surface area contributed by atoms with Gasteiger partial charge in [-0.25, -0.2) is 8.42 Å². The molecule has 0 saturated carbocycles. The second-order valence-electron chi connectivity index (χ2n) is 7.84. The van der Waals surface area contributed by atoms with Crippen molar-refractivity contribution in [3.8, 4) is 0 Å².